The van der Waals surface area contributed by atoms with Crippen LogP contribution < -0.4 is 5.32 Å². The molecule has 4 nitrogen and oxygen atoms in total. The zero-order valence-corrected chi connectivity index (χ0v) is 12.0. The summed E-state index contributed by atoms with van der Waals surface area (Å²) in [5, 5.41) is 12.2. The van der Waals surface area contributed by atoms with E-state index in [9.17, 15) is 14.7 Å². The van der Waals surface area contributed by atoms with E-state index in [4.69, 9.17) is 0 Å². The SMILES string of the molecule is Cc1ccc(Cc2ccc(NC(=O)C=O)c(O)c2)c(C)c1. The molecular formula is C17H17NO3. The summed E-state index contributed by atoms with van der Waals surface area (Å²) in [6.07, 6.45) is 0.866. The van der Waals surface area contributed by atoms with Crippen molar-refractivity contribution in [3.63, 3.8) is 0 Å². The molecule has 108 valence electrons. The third-order valence-electron chi connectivity index (χ3n) is 3.32. The quantitative estimate of drug-likeness (QED) is 0.515. The number of anilines is 1. The molecule has 2 aromatic rings. The van der Waals surface area contributed by atoms with Crippen molar-refractivity contribution in [2.45, 2.75) is 20.3 Å². The Morgan fingerprint density at radius 2 is 1.95 bits per heavy atom. The predicted molar refractivity (Wildman–Crippen MR) is 81.5 cm³/mol. The highest BCUT2D eigenvalue weighted by Gasteiger charge is 2.07. The van der Waals surface area contributed by atoms with E-state index in [0.717, 1.165) is 5.56 Å². The van der Waals surface area contributed by atoms with Crippen LogP contribution in [-0.2, 0) is 16.0 Å². The first kappa shape index (κ1) is 14.8. The van der Waals surface area contributed by atoms with Gasteiger partial charge < -0.3 is 10.4 Å². The molecule has 1 amide bonds. The molecule has 0 saturated heterocycles. The molecule has 0 heterocycles. The van der Waals surface area contributed by atoms with Gasteiger partial charge in [0.05, 0.1) is 5.69 Å². The second-order valence-electron chi connectivity index (χ2n) is 5.07. The lowest BCUT2D eigenvalue weighted by molar-refractivity contribution is -0.127. The van der Waals surface area contributed by atoms with Crippen molar-refractivity contribution in [1.29, 1.82) is 0 Å². The van der Waals surface area contributed by atoms with Gasteiger partial charge in [-0.25, -0.2) is 0 Å². The smallest absolute Gasteiger partial charge is 0.288 e. The maximum Gasteiger partial charge on any atom is 0.288 e. The summed E-state index contributed by atoms with van der Waals surface area (Å²) >= 11 is 0. The summed E-state index contributed by atoms with van der Waals surface area (Å²) in [6.45, 7) is 4.11. The molecule has 2 N–H and O–H groups in total. The van der Waals surface area contributed by atoms with Crippen LogP contribution in [0.2, 0.25) is 0 Å². The van der Waals surface area contributed by atoms with E-state index in [2.05, 4.69) is 30.4 Å². The molecule has 2 aromatic carbocycles. The van der Waals surface area contributed by atoms with Crippen LogP contribution in [0.3, 0.4) is 0 Å². The number of benzene rings is 2. The third-order valence-corrected chi connectivity index (χ3v) is 3.32. The highest BCUT2D eigenvalue weighted by molar-refractivity contribution is 6.29. The molecule has 0 fully saturated rings. The number of phenols is 1. The number of carbonyl (C=O) groups is 2. The molecule has 0 spiro atoms. The highest BCUT2D eigenvalue weighted by Crippen LogP contribution is 2.26. The van der Waals surface area contributed by atoms with Crippen LogP contribution in [0.1, 0.15) is 22.3 Å². The van der Waals surface area contributed by atoms with E-state index in [0.29, 0.717) is 6.42 Å². The molecule has 0 atom stereocenters. The normalized spacial score (nSPS) is 10.2. The lowest BCUT2D eigenvalue weighted by atomic mass is 9.98. The molecule has 0 unspecified atom stereocenters. The van der Waals surface area contributed by atoms with E-state index < -0.39 is 5.91 Å². The van der Waals surface area contributed by atoms with E-state index in [1.54, 1.807) is 12.1 Å². The average molecular weight is 283 g/mol. The lowest BCUT2D eigenvalue weighted by Gasteiger charge is -2.10. The van der Waals surface area contributed by atoms with Crippen LogP contribution in [0, 0.1) is 13.8 Å². The number of aldehydes is 1. The monoisotopic (exact) mass is 283 g/mol. The fourth-order valence-corrected chi connectivity index (χ4v) is 2.22. The summed E-state index contributed by atoms with van der Waals surface area (Å²) < 4.78 is 0. The summed E-state index contributed by atoms with van der Waals surface area (Å²) in [7, 11) is 0. The van der Waals surface area contributed by atoms with Gasteiger partial charge in [0.15, 0.2) is 0 Å². The fraction of sp³-hybridized carbons (Fsp3) is 0.176. The minimum atomic E-state index is -0.785. The van der Waals surface area contributed by atoms with Gasteiger partial charge in [-0.15, -0.1) is 0 Å². The van der Waals surface area contributed by atoms with E-state index in [-0.39, 0.29) is 17.7 Å². The third kappa shape index (κ3) is 3.69. The second-order valence-corrected chi connectivity index (χ2v) is 5.07. The Labute approximate surface area is 123 Å². The lowest BCUT2D eigenvalue weighted by Crippen LogP contribution is -2.12. The van der Waals surface area contributed by atoms with Crippen LogP contribution in [0.5, 0.6) is 5.75 Å². The molecule has 0 saturated carbocycles. The van der Waals surface area contributed by atoms with Crippen LogP contribution in [0.15, 0.2) is 36.4 Å². The first-order chi connectivity index (χ1) is 9.99. The van der Waals surface area contributed by atoms with Crippen molar-refractivity contribution >= 4 is 17.9 Å². The minimum Gasteiger partial charge on any atom is -0.506 e. The van der Waals surface area contributed by atoms with Gasteiger partial charge >= 0.3 is 0 Å². The largest absolute Gasteiger partial charge is 0.506 e. The summed E-state index contributed by atoms with van der Waals surface area (Å²) in [5.41, 5.74) is 4.77. The summed E-state index contributed by atoms with van der Waals surface area (Å²) in [6, 6.07) is 11.3. The zero-order chi connectivity index (χ0) is 15.4. The second kappa shape index (κ2) is 6.22. The Balaban J connectivity index is 2.20. The molecule has 0 aromatic heterocycles. The van der Waals surface area contributed by atoms with Crippen LogP contribution in [-0.4, -0.2) is 17.3 Å². The van der Waals surface area contributed by atoms with Gasteiger partial charge in [-0.3, -0.25) is 9.59 Å². The number of aryl methyl sites for hydroxylation is 2. The fourth-order valence-electron chi connectivity index (χ4n) is 2.22. The molecular weight excluding hydrogens is 266 g/mol. The molecule has 4 heteroatoms. The predicted octanol–water partition coefficient (Wildman–Crippen LogP) is 2.74. The number of aromatic hydroxyl groups is 1. The van der Waals surface area contributed by atoms with E-state index in [1.807, 2.05) is 13.0 Å². The Kier molecular flexibility index (Phi) is 4.38. The van der Waals surface area contributed by atoms with Crippen molar-refractivity contribution in [1.82, 2.24) is 0 Å². The molecule has 0 aliphatic carbocycles. The van der Waals surface area contributed by atoms with Crippen LogP contribution in [0.25, 0.3) is 0 Å². The molecule has 0 radical (unpaired) electrons. The zero-order valence-electron chi connectivity index (χ0n) is 12.0. The molecule has 0 bridgehead atoms. The number of rotatable bonds is 4. The van der Waals surface area contributed by atoms with Crippen molar-refractivity contribution in [3.05, 3.63) is 58.7 Å². The van der Waals surface area contributed by atoms with Gasteiger partial charge in [0.1, 0.15) is 5.75 Å². The van der Waals surface area contributed by atoms with E-state index >= 15 is 0 Å². The first-order valence-electron chi connectivity index (χ1n) is 6.64. The Hall–Kier alpha value is -2.62. The number of nitrogens with one attached hydrogen (secondary N) is 1. The number of hydrogen-bond acceptors (Lipinski definition) is 3. The van der Waals surface area contributed by atoms with Gasteiger partial charge in [-0.05, 0) is 49.1 Å². The standard InChI is InChI=1S/C17H17NO3/c1-11-3-5-14(12(2)7-11)8-13-4-6-15(16(20)9-13)18-17(21)10-19/h3-7,9-10,20H,8H2,1-2H3,(H,18,21). The Morgan fingerprint density at radius 1 is 1.19 bits per heavy atom. The number of carbonyl (C=O) groups excluding carboxylic acids is 2. The Morgan fingerprint density at radius 3 is 2.57 bits per heavy atom. The number of phenolic OH excluding ortho intramolecular Hbond substituents is 1. The summed E-state index contributed by atoms with van der Waals surface area (Å²) in [5.74, 6) is -0.833. The average Bonchev–Trinajstić information content (AvgIpc) is 2.44. The van der Waals surface area contributed by atoms with Gasteiger partial charge in [-0.1, -0.05) is 29.8 Å². The Bertz CT molecular complexity index is 692. The van der Waals surface area contributed by atoms with Crippen molar-refractivity contribution in [2.24, 2.45) is 0 Å². The maximum absolute atomic E-state index is 11.0. The number of amides is 1. The van der Waals surface area contributed by atoms with Gasteiger partial charge in [-0.2, -0.15) is 0 Å². The molecule has 21 heavy (non-hydrogen) atoms. The van der Waals surface area contributed by atoms with Crippen LogP contribution in [0.4, 0.5) is 5.69 Å². The van der Waals surface area contributed by atoms with Gasteiger partial charge in [0.2, 0.25) is 6.29 Å². The first-order valence-corrected chi connectivity index (χ1v) is 6.64. The van der Waals surface area contributed by atoms with Crippen molar-refractivity contribution in [2.75, 3.05) is 5.32 Å². The minimum absolute atomic E-state index is 0.0486. The van der Waals surface area contributed by atoms with Crippen molar-refractivity contribution < 1.29 is 14.7 Å². The number of hydrogen-bond donors (Lipinski definition) is 2. The highest BCUT2D eigenvalue weighted by atomic mass is 16.3. The van der Waals surface area contributed by atoms with Gasteiger partial charge in [0, 0.05) is 0 Å². The van der Waals surface area contributed by atoms with Gasteiger partial charge in [0.25, 0.3) is 5.91 Å². The van der Waals surface area contributed by atoms with E-state index in [1.165, 1.54) is 16.7 Å². The van der Waals surface area contributed by atoms with Crippen molar-refractivity contribution in [3.8, 4) is 5.75 Å². The topological polar surface area (TPSA) is 66.4 Å². The molecule has 0 aliphatic rings. The maximum atomic E-state index is 11.0. The van der Waals surface area contributed by atoms with Crippen LogP contribution >= 0.6 is 0 Å². The summed E-state index contributed by atoms with van der Waals surface area (Å²) in [4.78, 5) is 21.3. The molecule has 2 rings (SSSR count). The molecule has 0 aliphatic heterocycles.